The summed E-state index contributed by atoms with van der Waals surface area (Å²) in [4.78, 5) is 27.9. The van der Waals surface area contributed by atoms with Crippen LogP contribution in [-0.2, 0) is 16.1 Å². The van der Waals surface area contributed by atoms with Crippen LogP contribution >= 0.6 is 15.9 Å². The quantitative estimate of drug-likeness (QED) is 0.508. The molecule has 1 unspecified atom stereocenters. The number of nitrogens with zero attached hydrogens (tertiary/aromatic N) is 1. The summed E-state index contributed by atoms with van der Waals surface area (Å²) in [6.45, 7) is 3.88. The molecule has 0 radical (unpaired) electrons. The Morgan fingerprint density at radius 1 is 1.12 bits per heavy atom. The predicted molar refractivity (Wildman–Crippen MR) is 132 cm³/mol. The highest BCUT2D eigenvalue weighted by Crippen LogP contribution is 2.22. The number of hydrogen-bond acceptors (Lipinski definition) is 4. The van der Waals surface area contributed by atoms with Crippen LogP contribution in [0.1, 0.15) is 50.2 Å². The van der Waals surface area contributed by atoms with Crippen molar-refractivity contribution in [3.8, 4) is 11.5 Å². The van der Waals surface area contributed by atoms with E-state index in [-0.39, 0.29) is 31.0 Å². The number of amides is 2. The van der Waals surface area contributed by atoms with E-state index in [9.17, 15) is 9.59 Å². The summed E-state index contributed by atoms with van der Waals surface area (Å²) >= 11 is 3.47. The average Bonchev–Trinajstić information content (AvgIpc) is 2.83. The third-order valence-electron chi connectivity index (χ3n) is 6.10. The van der Waals surface area contributed by atoms with Gasteiger partial charge in [-0.2, -0.15) is 0 Å². The Hall–Kier alpha value is -2.54. The van der Waals surface area contributed by atoms with E-state index in [2.05, 4.69) is 21.2 Å². The number of carbonyl (C=O) groups is 2. The minimum atomic E-state index is -0.624. The van der Waals surface area contributed by atoms with E-state index in [1.54, 1.807) is 18.9 Å². The van der Waals surface area contributed by atoms with Crippen molar-refractivity contribution in [1.82, 2.24) is 10.2 Å². The van der Waals surface area contributed by atoms with E-state index in [4.69, 9.17) is 9.47 Å². The largest absolute Gasteiger partial charge is 0.497 e. The topological polar surface area (TPSA) is 67.9 Å². The van der Waals surface area contributed by atoms with Crippen LogP contribution in [-0.4, -0.2) is 42.5 Å². The molecule has 0 bridgehead atoms. The number of nitrogens with one attached hydrogen (secondary N) is 1. The average molecular weight is 517 g/mol. The van der Waals surface area contributed by atoms with E-state index < -0.39 is 6.04 Å². The Kier molecular flexibility index (Phi) is 9.18. The SMILES string of the molecule is COc1cccc(CN(C(=O)COc2ccc(Br)c(C)c2)C(C)C(=O)NC2CCCCC2)c1. The first-order valence-electron chi connectivity index (χ1n) is 11.5. The molecular weight excluding hydrogens is 484 g/mol. The summed E-state index contributed by atoms with van der Waals surface area (Å²) in [6, 6.07) is 12.7. The van der Waals surface area contributed by atoms with E-state index in [0.717, 1.165) is 41.3 Å². The fourth-order valence-corrected chi connectivity index (χ4v) is 4.30. The van der Waals surface area contributed by atoms with E-state index >= 15 is 0 Å². The molecule has 0 saturated heterocycles. The lowest BCUT2D eigenvalue weighted by atomic mass is 9.95. The maximum atomic E-state index is 13.2. The van der Waals surface area contributed by atoms with Gasteiger partial charge in [0.15, 0.2) is 6.61 Å². The summed E-state index contributed by atoms with van der Waals surface area (Å²) in [5.74, 6) is 0.952. The first kappa shape index (κ1) is 25.1. The van der Waals surface area contributed by atoms with Crippen LogP contribution in [0.3, 0.4) is 0 Å². The molecule has 2 aromatic rings. The van der Waals surface area contributed by atoms with Crippen molar-refractivity contribution in [2.24, 2.45) is 0 Å². The molecule has 7 heteroatoms. The summed E-state index contributed by atoms with van der Waals surface area (Å²) in [5.41, 5.74) is 1.91. The maximum absolute atomic E-state index is 13.2. The number of methoxy groups -OCH3 is 1. The van der Waals surface area contributed by atoms with Gasteiger partial charge in [0.1, 0.15) is 17.5 Å². The third kappa shape index (κ3) is 7.22. The van der Waals surface area contributed by atoms with Gasteiger partial charge < -0.3 is 19.7 Å². The molecule has 178 valence electrons. The second kappa shape index (κ2) is 12.1. The Balaban J connectivity index is 1.73. The number of carbonyl (C=O) groups excluding carboxylic acids is 2. The summed E-state index contributed by atoms with van der Waals surface area (Å²) in [6.07, 6.45) is 5.47. The highest BCUT2D eigenvalue weighted by Gasteiger charge is 2.28. The third-order valence-corrected chi connectivity index (χ3v) is 6.99. The number of rotatable bonds is 9. The summed E-state index contributed by atoms with van der Waals surface area (Å²) < 4.78 is 12.1. The minimum absolute atomic E-state index is 0.127. The number of hydrogen-bond donors (Lipinski definition) is 1. The number of aryl methyl sites for hydroxylation is 1. The Bertz CT molecular complexity index is 959. The van der Waals surface area contributed by atoms with Gasteiger partial charge in [0.25, 0.3) is 5.91 Å². The smallest absolute Gasteiger partial charge is 0.261 e. The molecular formula is C26H33BrN2O4. The van der Waals surface area contributed by atoms with Gasteiger partial charge >= 0.3 is 0 Å². The molecule has 2 aromatic carbocycles. The lowest BCUT2D eigenvalue weighted by molar-refractivity contribution is -0.142. The van der Waals surface area contributed by atoms with Crippen molar-refractivity contribution in [3.63, 3.8) is 0 Å². The highest BCUT2D eigenvalue weighted by molar-refractivity contribution is 9.10. The van der Waals surface area contributed by atoms with Crippen molar-refractivity contribution < 1.29 is 19.1 Å². The van der Waals surface area contributed by atoms with Gasteiger partial charge in [-0.1, -0.05) is 47.3 Å². The van der Waals surface area contributed by atoms with Crippen molar-refractivity contribution in [2.75, 3.05) is 13.7 Å². The monoisotopic (exact) mass is 516 g/mol. The van der Waals surface area contributed by atoms with Crippen molar-refractivity contribution >= 4 is 27.7 Å². The van der Waals surface area contributed by atoms with Gasteiger partial charge in [0.2, 0.25) is 5.91 Å². The molecule has 1 aliphatic carbocycles. The van der Waals surface area contributed by atoms with E-state index in [0.29, 0.717) is 11.5 Å². The van der Waals surface area contributed by atoms with Gasteiger partial charge in [-0.25, -0.2) is 0 Å². The predicted octanol–water partition coefficient (Wildman–Crippen LogP) is 5.01. The van der Waals surface area contributed by atoms with Crippen molar-refractivity contribution in [1.29, 1.82) is 0 Å². The molecule has 2 amide bonds. The second-order valence-corrected chi connectivity index (χ2v) is 9.45. The Morgan fingerprint density at radius 2 is 1.88 bits per heavy atom. The molecule has 0 spiro atoms. The molecule has 33 heavy (non-hydrogen) atoms. The van der Waals surface area contributed by atoms with Crippen LogP contribution in [0, 0.1) is 6.92 Å². The van der Waals surface area contributed by atoms with Gasteiger partial charge in [0, 0.05) is 17.1 Å². The van der Waals surface area contributed by atoms with E-state index in [1.807, 2.05) is 49.4 Å². The zero-order valence-electron chi connectivity index (χ0n) is 19.6. The first-order chi connectivity index (χ1) is 15.9. The van der Waals surface area contributed by atoms with Crippen LogP contribution in [0.15, 0.2) is 46.9 Å². The zero-order valence-corrected chi connectivity index (χ0v) is 21.2. The molecule has 3 rings (SSSR count). The molecule has 1 atom stereocenters. The number of halogens is 1. The normalized spacial score (nSPS) is 14.9. The van der Waals surface area contributed by atoms with Gasteiger partial charge in [-0.3, -0.25) is 9.59 Å². The van der Waals surface area contributed by atoms with Crippen LogP contribution < -0.4 is 14.8 Å². The molecule has 0 aliphatic heterocycles. The van der Waals surface area contributed by atoms with Gasteiger partial charge in [-0.05, 0) is 68.1 Å². The highest BCUT2D eigenvalue weighted by atomic mass is 79.9. The molecule has 1 saturated carbocycles. The Labute approximate surface area is 204 Å². The second-order valence-electron chi connectivity index (χ2n) is 8.59. The lowest BCUT2D eigenvalue weighted by Crippen LogP contribution is -2.51. The first-order valence-corrected chi connectivity index (χ1v) is 12.3. The maximum Gasteiger partial charge on any atom is 0.261 e. The molecule has 0 heterocycles. The summed E-state index contributed by atoms with van der Waals surface area (Å²) in [7, 11) is 1.61. The van der Waals surface area contributed by atoms with E-state index in [1.165, 1.54) is 6.42 Å². The minimum Gasteiger partial charge on any atom is -0.497 e. The van der Waals surface area contributed by atoms with Crippen molar-refractivity contribution in [3.05, 3.63) is 58.1 Å². The number of ether oxygens (including phenoxy) is 2. The van der Waals surface area contributed by atoms with Crippen LogP contribution in [0.4, 0.5) is 0 Å². The van der Waals surface area contributed by atoms with Crippen LogP contribution in [0.25, 0.3) is 0 Å². The molecule has 6 nitrogen and oxygen atoms in total. The van der Waals surface area contributed by atoms with Crippen LogP contribution in [0.2, 0.25) is 0 Å². The molecule has 0 aromatic heterocycles. The lowest BCUT2D eigenvalue weighted by Gasteiger charge is -2.31. The van der Waals surface area contributed by atoms with Crippen molar-refractivity contribution in [2.45, 2.75) is 64.6 Å². The fourth-order valence-electron chi connectivity index (χ4n) is 4.05. The van der Waals surface area contributed by atoms with Gasteiger partial charge in [-0.15, -0.1) is 0 Å². The molecule has 1 fully saturated rings. The Morgan fingerprint density at radius 3 is 2.58 bits per heavy atom. The van der Waals surface area contributed by atoms with Crippen LogP contribution in [0.5, 0.6) is 11.5 Å². The van der Waals surface area contributed by atoms with Gasteiger partial charge in [0.05, 0.1) is 7.11 Å². The standard InChI is InChI=1S/C26H33BrN2O4/c1-18-14-23(12-13-24(18)27)33-17-25(30)29(16-20-8-7-11-22(15-20)32-3)19(2)26(31)28-21-9-5-4-6-10-21/h7-8,11-15,19,21H,4-6,9-10,16-17H2,1-3H3,(H,28,31). The fraction of sp³-hybridized carbons (Fsp3) is 0.462. The summed E-state index contributed by atoms with van der Waals surface area (Å²) in [5, 5.41) is 3.15. The molecule has 1 aliphatic rings. The zero-order chi connectivity index (χ0) is 23.8. The molecule has 1 N–H and O–H groups in total. The number of benzene rings is 2.